The van der Waals surface area contributed by atoms with Gasteiger partial charge >= 0.3 is 0 Å². The van der Waals surface area contributed by atoms with E-state index in [4.69, 9.17) is 15.2 Å². The van der Waals surface area contributed by atoms with Gasteiger partial charge < -0.3 is 20.1 Å². The minimum absolute atomic E-state index is 0.00906. The zero-order valence-electron chi connectivity index (χ0n) is 15.8. The fourth-order valence-electron chi connectivity index (χ4n) is 4.34. The molecule has 2 fully saturated rings. The Morgan fingerprint density at radius 2 is 1.88 bits per heavy atom. The standard InChI is InChI=1S/C21H32N2O3/c1-25-15-21(24)23-13-5-8-19(22)20(23)14-26-18-11-9-17(10-12-18)16-6-3-2-4-7-16/h2-4,6-7,17-20H,5,8-15,22H2,1H3/t17?,18?,19-,20-/m0/s1. The van der Waals surface area contributed by atoms with Gasteiger partial charge in [0.2, 0.25) is 5.91 Å². The van der Waals surface area contributed by atoms with E-state index in [9.17, 15) is 4.79 Å². The topological polar surface area (TPSA) is 64.8 Å². The Balaban J connectivity index is 1.49. The smallest absolute Gasteiger partial charge is 0.248 e. The summed E-state index contributed by atoms with van der Waals surface area (Å²) in [6, 6.07) is 10.7. The van der Waals surface area contributed by atoms with Crippen LogP contribution in [0.5, 0.6) is 0 Å². The van der Waals surface area contributed by atoms with Gasteiger partial charge in [0.1, 0.15) is 6.61 Å². The SMILES string of the molecule is COCC(=O)N1CCC[C@H](N)[C@@H]1COC1CCC(c2ccccc2)CC1. The van der Waals surface area contributed by atoms with Crippen LogP contribution in [-0.2, 0) is 14.3 Å². The number of piperidine rings is 1. The van der Waals surface area contributed by atoms with Crippen molar-refractivity contribution in [2.45, 2.75) is 62.6 Å². The van der Waals surface area contributed by atoms with Gasteiger partial charge in [-0.05, 0) is 50.0 Å². The first-order chi connectivity index (χ1) is 12.7. The zero-order chi connectivity index (χ0) is 18.4. The summed E-state index contributed by atoms with van der Waals surface area (Å²) in [7, 11) is 1.55. The van der Waals surface area contributed by atoms with Gasteiger partial charge in [-0.15, -0.1) is 0 Å². The van der Waals surface area contributed by atoms with E-state index in [-0.39, 0.29) is 30.7 Å². The molecule has 1 aliphatic carbocycles. The number of hydrogen-bond acceptors (Lipinski definition) is 4. The number of likely N-dealkylation sites (tertiary alicyclic amines) is 1. The maximum atomic E-state index is 12.3. The van der Waals surface area contributed by atoms with E-state index >= 15 is 0 Å². The predicted molar refractivity (Wildman–Crippen MR) is 102 cm³/mol. The molecule has 0 unspecified atom stereocenters. The second-order valence-corrected chi connectivity index (χ2v) is 7.61. The summed E-state index contributed by atoms with van der Waals surface area (Å²) >= 11 is 0. The van der Waals surface area contributed by atoms with E-state index in [0.717, 1.165) is 45.1 Å². The molecule has 1 saturated heterocycles. The maximum absolute atomic E-state index is 12.3. The highest BCUT2D eigenvalue weighted by atomic mass is 16.5. The molecule has 1 amide bonds. The summed E-state index contributed by atoms with van der Waals surface area (Å²) in [5.74, 6) is 0.664. The molecule has 5 nitrogen and oxygen atoms in total. The van der Waals surface area contributed by atoms with E-state index in [1.807, 2.05) is 4.90 Å². The number of nitrogens with two attached hydrogens (primary N) is 1. The number of carbonyl (C=O) groups is 1. The van der Waals surface area contributed by atoms with Crippen LogP contribution in [0.2, 0.25) is 0 Å². The van der Waals surface area contributed by atoms with Crippen LogP contribution in [-0.4, -0.2) is 55.9 Å². The number of amides is 1. The second-order valence-electron chi connectivity index (χ2n) is 7.61. The molecule has 1 saturated carbocycles. The van der Waals surface area contributed by atoms with E-state index < -0.39 is 0 Å². The Kier molecular flexibility index (Phi) is 7.06. The molecule has 1 heterocycles. The lowest BCUT2D eigenvalue weighted by Crippen LogP contribution is -2.57. The molecule has 1 aromatic rings. The lowest BCUT2D eigenvalue weighted by molar-refractivity contribution is -0.142. The zero-order valence-corrected chi connectivity index (χ0v) is 15.8. The van der Waals surface area contributed by atoms with Crippen molar-refractivity contribution in [3.05, 3.63) is 35.9 Å². The predicted octanol–water partition coefficient (Wildman–Crippen LogP) is 2.69. The molecular formula is C21H32N2O3. The lowest BCUT2D eigenvalue weighted by atomic mass is 9.83. The third-order valence-corrected chi connectivity index (χ3v) is 5.87. The monoisotopic (exact) mass is 360 g/mol. The fourth-order valence-corrected chi connectivity index (χ4v) is 4.34. The summed E-state index contributed by atoms with van der Waals surface area (Å²) in [4.78, 5) is 14.2. The summed E-state index contributed by atoms with van der Waals surface area (Å²) in [6.07, 6.45) is 6.67. The van der Waals surface area contributed by atoms with E-state index in [1.165, 1.54) is 5.56 Å². The number of hydrogen-bond donors (Lipinski definition) is 1. The van der Waals surface area contributed by atoms with Gasteiger partial charge in [-0.2, -0.15) is 0 Å². The van der Waals surface area contributed by atoms with Gasteiger partial charge in [0.25, 0.3) is 0 Å². The molecule has 1 aliphatic heterocycles. The van der Waals surface area contributed by atoms with Crippen LogP contribution < -0.4 is 5.73 Å². The van der Waals surface area contributed by atoms with E-state index in [2.05, 4.69) is 30.3 Å². The van der Waals surface area contributed by atoms with Crippen molar-refractivity contribution < 1.29 is 14.3 Å². The highest BCUT2D eigenvalue weighted by molar-refractivity contribution is 5.78. The number of benzene rings is 1. The number of nitrogens with zero attached hydrogens (tertiary/aromatic N) is 1. The number of rotatable bonds is 6. The van der Waals surface area contributed by atoms with Crippen molar-refractivity contribution in [1.29, 1.82) is 0 Å². The fraction of sp³-hybridized carbons (Fsp3) is 0.667. The Morgan fingerprint density at radius 1 is 1.15 bits per heavy atom. The first-order valence-corrected chi connectivity index (χ1v) is 9.89. The van der Waals surface area contributed by atoms with Crippen LogP contribution in [0.3, 0.4) is 0 Å². The van der Waals surface area contributed by atoms with Crippen LogP contribution in [0.25, 0.3) is 0 Å². The number of methoxy groups -OCH3 is 1. The van der Waals surface area contributed by atoms with Crippen molar-refractivity contribution in [3.63, 3.8) is 0 Å². The highest BCUT2D eigenvalue weighted by Crippen LogP contribution is 2.34. The maximum Gasteiger partial charge on any atom is 0.248 e. The van der Waals surface area contributed by atoms with Gasteiger partial charge in [-0.3, -0.25) is 4.79 Å². The van der Waals surface area contributed by atoms with Crippen LogP contribution in [0.4, 0.5) is 0 Å². The minimum atomic E-state index is -0.0294. The van der Waals surface area contributed by atoms with Gasteiger partial charge in [0.05, 0.1) is 18.8 Å². The molecule has 0 bridgehead atoms. The van der Waals surface area contributed by atoms with Gasteiger partial charge in [-0.1, -0.05) is 30.3 Å². The molecule has 0 spiro atoms. The summed E-state index contributed by atoms with van der Waals surface area (Å²) in [5, 5.41) is 0. The molecular weight excluding hydrogens is 328 g/mol. The van der Waals surface area contributed by atoms with Gasteiger partial charge in [-0.25, -0.2) is 0 Å². The molecule has 0 radical (unpaired) electrons. The molecule has 2 atom stereocenters. The van der Waals surface area contributed by atoms with Crippen molar-refractivity contribution >= 4 is 5.91 Å². The number of ether oxygens (including phenoxy) is 2. The quantitative estimate of drug-likeness (QED) is 0.847. The molecule has 2 aliphatic rings. The number of carbonyl (C=O) groups excluding carboxylic acids is 1. The van der Waals surface area contributed by atoms with Crippen LogP contribution in [0.1, 0.15) is 50.0 Å². The van der Waals surface area contributed by atoms with Gasteiger partial charge in [0.15, 0.2) is 0 Å². The van der Waals surface area contributed by atoms with Crippen LogP contribution in [0.15, 0.2) is 30.3 Å². The summed E-state index contributed by atoms with van der Waals surface area (Å²) < 4.78 is 11.2. The molecule has 1 aromatic carbocycles. The first-order valence-electron chi connectivity index (χ1n) is 9.89. The summed E-state index contributed by atoms with van der Waals surface area (Å²) in [5.41, 5.74) is 7.74. The normalized spacial score (nSPS) is 29.5. The van der Waals surface area contributed by atoms with E-state index in [0.29, 0.717) is 12.5 Å². The van der Waals surface area contributed by atoms with E-state index in [1.54, 1.807) is 7.11 Å². The average molecular weight is 360 g/mol. The minimum Gasteiger partial charge on any atom is -0.376 e. The van der Waals surface area contributed by atoms with Crippen molar-refractivity contribution in [2.24, 2.45) is 5.73 Å². The average Bonchev–Trinajstić information content (AvgIpc) is 2.68. The molecule has 144 valence electrons. The Bertz CT molecular complexity index is 558. The largest absolute Gasteiger partial charge is 0.376 e. The Hall–Kier alpha value is -1.43. The van der Waals surface area contributed by atoms with Crippen molar-refractivity contribution in [3.8, 4) is 0 Å². The molecule has 2 N–H and O–H groups in total. The van der Waals surface area contributed by atoms with Crippen LogP contribution >= 0.6 is 0 Å². The van der Waals surface area contributed by atoms with Crippen molar-refractivity contribution in [2.75, 3.05) is 26.9 Å². The summed E-state index contributed by atoms with van der Waals surface area (Å²) in [6.45, 7) is 1.41. The third kappa shape index (κ3) is 4.84. The molecule has 26 heavy (non-hydrogen) atoms. The lowest BCUT2D eigenvalue weighted by Gasteiger charge is -2.40. The first kappa shape index (κ1) is 19.3. The third-order valence-electron chi connectivity index (χ3n) is 5.87. The molecule has 5 heteroatoms. The Labute approximate surface area is 156 Å². The molecule has 0 aromatic heterocycles. The van der Waals surface area contributed by atoms with Gasteiger partial charge in [0, 0.05) is 19.7 Å². The molecule has 3 rings (SSSR count). The van der Waals surface area contributed by atoms with Crippen LogP contribution in [0, 0.1) is 0 Å². The second kappa shape index (κ2) is 9.49. The van der Waals surface area contributed by atoms with Crippen molar-refractivity contribution in [1.82, 2.24) is 4.90 Å². The Morgan fingerprint density at radius 3 is 2.58 bits per heavy atom. The highest BCUT2D eigenvalue weighted by Gasteiger charge is 2.33.